The maximum atomic E-state index is 14.1. The number of nitrogens with zero attached hydrogens (tertiary/aromatic N) is 2. The van der Waals surface area contributed by atoms with Gasteiger partial charge in [-0.15, -0.1) is 11.3 Å². The lowest BCUT2D eigenvalue weighted by Gasteiger charge is -2.33. The van der Waals surface area contributed by atoms with E-state index in [2.05, 4.69) is 10.3 Å². The van der Waals surface area contributed by atoms with Crippen LogP contribution in [0.4, 0.5) is 5.69 Å². The topological polar surface area (TPSA) is 68.4 Å². The summed E-state index contributed by atoms with van der Waals surface area (Å²) in [6, 6.07) is 19.5. The standard InChI is InChI=1S/C31H36N4O2S/c1-34(2)25-16-14-22(15-17-25)30(31(37)33-24-9-4-3-5-10-24)35(21-26-11-8-18-38-26)29(36)19-23-20-32-28-13-7-6-12-27(23)28/h6-8,11-18,20,24,30,32H,3-5,9-10,19,21H2,1-2H3,(H,33,37). The van der Waals surface area contributed by atoms with E-state index in [0.29, 0.717) is 6.54 Å². The fourth-order valence-corrected chi connectivity index (χ4v) is 6.09. The number of carbonyl (C=O) groups is 2. The predicted octanol–water partition coefficient (Wildman–Crippen LogP) is 6.06. The molecular formula is C31H36N4O2S. The Morgan fingerprint density at radius 2 is 1.76 bits per heavy atom. The second kappa shape index (κ2) is 11.9. The normalized spacial score (nSPS) is 14.8. The van der Waals surface area contributed by atoms with Gasteiger partial charge in [0, 0.05) is 47.8 Å². The van der Waals surface area contributed by atoms with Gasteiger partial charge in [-0.25, -0.2) is 0 Å². The Kier molecular flexibility index (Phi) is 8.13. The van der Waals surface area contributed by atoms with E-state index in [4.69, 9.17) is 0 Å². The fourth-order valence-electron chi connectivity index (χ4n) is 5.39. The molecule has 1 atom stereocenters. The number of rotatable bonds is 9. The number of para-hydroxylation sites is 1. The zero-order valence-corrected chi connectivity index (χ0v) is 23.0. The van der Waals surface area contributed by atoms with Crippen molar-refractivity contribution in [3.8, 4) is 0 Å². The first-order valence-electron chi connectivity index (χ1n) is 13.4. The highest BCUT2D eigenvalue weighted by Crippen LogP contribution is 2.29. The maximum absolute atomic E-state index is 14.1. The molecule has 7 heteroatoms. The Hall–Kier alpha value is -3.58. The monoisotopic (exact) mass is 528 g/mol. The molecule has 4 aromatic rings. The minimum atomic E-state index is -0.715. The molecule has 38 heavy (non-hydrogen) atoms. The molecule has 1 aliphatic carbocycles. The lowest BCUT2D eigenvalue weighted by Crippen LogP contribution is -2.47. The average Bonchev–Trinajstić information content (AvgIpc) is 3.59. The van der Waals surface area contributed by atoms with Crippen molar-refractivity contribution in [3.05, 3.63) is 88.2 Å². The summed E-state index contributed by atoms with van der Waals surface area (Å²) in [7, 11) is 3.99. The van der Waals surface area contributed by atoms with Crippen LogP contribution in [-0.2, 0) is 22.6 Å². The van der Waals surface area contributed by atoms with Crippen molar-refractivity contribution in [2.75, 3.05) is 19.0 Å². The maximum Gasteiger partial charge on any atom is 0.247 e. The fraction of sp³-hybridized carbons (Fsp3) is 0.355. The molecule has 198 valence electrons. The molecule has 0 radical (unpaired) electrons. The van der Waals surface area contributed by atoms with E-state index in [1.54, 1.807) is 16.2 Å². The lowest BCUT2D eigenvalue weighted by atomic mass is 9.94. The van der Waals surface area contributed by atoms with E-state index < -0.39 is 6.04 Å². The van der Waals surface area contributed by atoms with Gasteiger partial charge in [-0.05, 0) is 53.6 Å². The number of benzene rings is 2. The smallest absolute Gasteiger partial charge is 0.247 e. The molecule has 1 fully saturated rings. The van der Waals surface area contributed by atoms with Crippen LogP contribution in [0.5, 0.6) is 0 Å². The summed E-state index contributed by atoms with van der Waals surface area (Å²) in [6.07, 6.45) is 7.60. The van der Waals surface area contributed by atoms with Gasteiger partial charge in [0.05, 0.1) is 13.0 Å². The van der Waals surface area contributed by atoms with Crippen molar-refractivity contribution in [3.63, 3.8) is 0 Å². The van der Waals surface area contributed by atoms with Crippen LogP contribution in [0.3, 0.4) is 0 Å². The van der Waals surface area contributed by atoms with Crippen LogP contribution in [0, 0.1) is 0 Å². The Labute approximate surface area is 228 Å². The molecule has 5 rings (SSSR count). The van der Waals surface area contributed by atoms with Crippen molar-refractivity contribution in [2.45, 2.75) is 57.2 Å². The number of H-pyrrole nitrogens is 1. The third kappa shape index (κ3) is 5.94. The van der Waals surface area contributed by atoms with Gasteiger partial charge in [-0.1, -0.05) is 55.7 Å². The van der Waals surface area contributed by atoms with Gasteiger partial charge in [-0.3, -0.25) is 9.59 Å². The van der Waals surface area contributed by atoms with E-state index in [1.807, 2.05) is 91.2 Å². The third-order valence-corrected chi connectivity index (χ3v) is 8.34. The van der Waals surface area contributed by atoms with E-state index >= 15 is 0 Å². The Bertz CT molecular complexity index is 1350. The molecule has 6 nitrogen and oxygen atoms in total. The summed E-state index contributed by atoms with van der Waals surface area (Å²) < 4.78 is 0. The molecule has 2 aromatic heterocycles. The number of aromatic nitrogens is 1. The molecule has 1 unspecified atom stereocenters. The zero-order chi connectivity index (χ0) is 26.5. The summed E-state index contributed by atoms with van der Waals surface area (Å²) in [5.41, 5.74) is 3.82. The molecule has 2 N–H and O–H groups in total. The van der Waals surface area contributed by atoms with Crippen molar-refractivity contribution in [1.29, 1.82) is 0 Å². The third-order valence-electron chi connectivity index (χ3n) is 7.48. The largest absolute Gasteiger partial charge is 0.378 e. The SMILES string of the molecule is CN(C)c1ccc(C(C(=O)NC2CCCCC2)N(Cc2cccs2)C(=O)Cc2c[nH]c3ccccc23)cc1. The molecule has 2 amide bonds. The number of carbonyl (C=O) groups excluding carboxylic acids is 2. The van der Waals surface area contributed by atoms with E-state index in [1.165, 1.54) is 6.42 Å². The number of amides is 2. The molecule has 1 aliphatic rings. The van der Waals surface area contributed by atoms with Gasteiger partial charge in [0.25, 0.3) is 0 Å². The highest BCUT2D eigenvalue weighted by Gasteiger charge is 2.33. The van der Waals surface area contributed by atoms with Crippen molar-refractivity contribution in [2.24, 2.45) is 0 Å². The van der Waals surface area contributed by atoms with E-state index in [9.17, 15) is 9.59 Å². The summed E-state index contributed by atoms with van der Waals surface area (Å²) in [5, 5.41) is 6.36. The number of anilines is 1. The molecule has 0 aliphatic heterocycles. The zero-order valence-electron chi connectivity index (χ0n) is 22.2. The number of hydrogen-bond donors (Lipinski definition) is 2. The Morgan fingerprint density at radius 1 is 1.00 bits per heavy atom. The molecule has 2 aromatic carbocycles. The van der Waals surface area contributed by atoms with Gasteiger partial charge in [-0.2, -0.15) is 0 Å². The van der Waals surface area contributed by atoms with Crippen LogP contribution in [0.15, 0.2) is 72.2 Å². The Balaban J connectivity index is 1.50. The van der Waals surface area contributed by atoms with E-state index in [-0.39, 0.29) is 24.3 Å². The lowest BCUT2D eigenvalue weighted by molar-refractivity contribution is -0.141. The molecule has 0 saturated heterocycles. The van der Waals surface area contributed by atoms with Crippen LogP contribution in [0.1, 0.15) is 54.1 Å². The molecule has 2 heterocycles. The summed E-state index contributed by atoms with van der Waals surface area (Å²) in [5.74, 6) is -0.165. The molecule has 0 spiro atoms. The highest BCUT2D eigenvalue weighted by atomic mass is 32.1. The first-order valence-corrected chi connectivity index (χ1v) is 14.3. The van der Waals surface area contributed by atoms with Gasteiger partial charge >= 0.3 is 0 Å². The number of thiophene rings is 1. The van der Waals surface area contributed by atoms with Gasteiger partial charge in [0.2, 0.25) is 11.8 Å². The quantitative estimate of drug-likeness (QED) is 0.278. The van der Waals surface area contributed by atoms with Crippen molar-refractivity contribution >= 4 is 39.7 Å². The van der Waals surface area contributed by atoms with Gasteiger partial charge in [0.1, 0.15) is 6.04 Å². The van der Waals surface area contributed by atoms with Crippen LogP contribution in [0.2, 0.25) is 0 Å². The predicted molar refractivity (Wildman–Crippen MR) is 155 cm³/mol. The Morgan fingerprint density at radius 3 is 2.47 bits per heavy atom. The van der Waals surface area contributed by atoms with E-state index in [0.717, 1.165) is 58.3 Å². The number of hydrogen-bond acceptors (Lipinski definition) is 4. The average molecular weight is 529 g/mol. The summed E-state index contributed by atoms with van der Waals surface area (Å²) in [4.78, 5) is 36.2. The summed E-state index contributed by atoms with van der Waals surface area (Å²) in [6.45, 7) is 0.386. The van der Waals surface area contributed by atoms with Crippen LogP contribution < -0.4 is 10.2 Å². The van der Waals surface area contributed by atoms with Crippen LogP contribution in [0.25, 0.3) is 10.9 Å². The first kappa shape index (κ1) is 26.0. The van der Waals surface area contributed by atoms with Crippen LogP contribution >= 0.6 is 11.3 Å². The van der Waals surface area contributed by atoms with Gasteiger partial charge < -0.3 is 20.1 Å². The minimum Gasteiger partial charge on any atom is -0.378 e. The van der Waals surface area contributed by atoms with Crippen LogP contribution in [-0.4, -0.2) is 41.8 Å². The number of nitrogens with one attached hydrogen (secondary N) is 2. The minimum absolute atomic E-state index is 0.0661. The molecule has 0 bridgehead atoms. The molecular weight excluding hydrogens is 492 g/mol. The number of aromatic amines is 1. The van der Waals surface area contributed by atoms with Gasteiger partial charge in [0.15, 0.2) is 0 Å². The summed E-state index contributed by atoms with van der Waals surface area (Å²) >= 11 is 1.61. The molecule has 1 saturated carbocycles. The first-order chi connectivity index (χ1) is 18.5. The second-order valence-electron chi connectivity index (χ2n) is 10.4. The van der Waals surface area contributed by atoms with Crippen molar-refractivity contribution in [1.82, 2.24) is 15.2 Å². The second-order valence-corrected chi connectivity index (χ2v) is 11.4. The van der Waals surface area contributed by atoms with Crippen molar-refractivity contribution < 1.29 is 9.59 Å². The number of fused-ring (bicyclic) bond motifs is 1. The highest BCUT2D eigenvalue weighted by molar-refractivity contribution is 7.09.